The molecule has 8 heteroatoms. The van der Waals surface area contributed by atoms with Crippen molar-refractivity contribution in [2.75, 3.05) is 0 Å². The van der Waals surface area contributed by atoms with Crippen LogP contribution in [0, 0.1) is 0 Å². The van der Waals surface area contributed by atoms with E-state index >= 15 is 0 Å². The summed E-state index contributed by atoms with van der Waals surface area (Å²) in [4.78, 5) is 17.1. The molecule has 0 unspecified atom stereocenters. The van der Waals surface area contributed by atoms with Crippen LogP contribution < -0.4 is 0 Å². The number of hydrogen-bond acceptors (Lipinski definition) is 4. The van der Waals surface area contributed by atoms with E-state index in [1.54, 1.807) is 48.5 Å². The lowest BCUT2D eigenvalue weighted by molar-refractivity contribution is -0.132. The van der Waals surface area contributed by atoms with Crippen LogP contribution in [0.2, 0.25) is 0 Å². The summed E-state index contributed by atoms with van der Waals surface area (Å²) < 4.78 is 0. The Bertz CT molecular complexity index is 534. The molecule has 6 N–H and O–H groups in total. The molecule has 23 heavy (non-hydrogen) atoms. The summed E-state index contributed by atoms with van der Waals surface area (Å²) in [7, 11) is 0. The lowest BCUT2D eigenvalue weighted by atomic mass is 9.98. The van der Waals surface area contributed by atoms with Gasteiger partial charge in [-0.3, -0.25) is 0 Å². The number of hydrogen-bond donors (Lipinski definition) is 6. The maximum Gasteiger partial charge on any atom is 0.503 e. The maximum absolute atomic E-state index is 10.0. The minimum atomic E-state index is -1.91. The Morgan fingerprint density at radius 3 is 1.04 bits per heavy atom. The van der Waals surface area contributed by atoms with Crippen molar-refractivity contribution in [2.24, 2.45) is 0 Å². The van der Waals surface area contributed by atoms with Gasteiger partial charge in [0.15, 0.2) is 0 Å². The Morgan fingerprint density at radius 2 is 0.826 bits per heavy atom. The van der Waals surface area contributed by atoms with Crippen LogP contribution in [-0.4, -0.2) is 42.9 Å². The molecule has 0 bridgehead atoms. The van der Waals surface area contributed by atoms with E-state index in [0.29, 0.717) is 11.1 Å². The van der Waals surface area contributed by atoms with E-state index in [2.05, 4.69) is 0 Å². The zero-order valence-corrected chi connectivity index (χ0v) is 11.8. The van der Waals surface area contributed by atoms with Crippen LogP contribution in [0.25, 0.3) is 0 Å². The van der Waals surface area contributed by atoms with Crippen molar-refractivity contribution >= 4 is 12.3 Å². The zero-order chi connectivity index (χ0) is 17.9. The van der Waals surface area contributed by atoms with Gasteiger partial charge < -0.3 is 30.6 Å². The molecular formula is C15H16O8. The van der Waals surface area contributed by atoms with E-state index < -0.39 is 18.1 Å². The van der Waals surface area contributed by atoms with Gasteiger partial charge in [0.25, 0.3) is 0 Å². The first-order chi connectivity index (χ1) is 10.7. The minimum absolute atomic E-state index is 0.469. The Kier molecular flexibility index (Phi) is 8.45. The molecule has 0 spiro atoms. The lowest BCUT2D eigenvalue weighted by Gasteiger charge is -2.22. The van der Waals surface area contributed by atoms with Crippen LogP contribution in [-0.2, 0) is 5.79 Å². The van der Waals surface area contributed by atoms with E-state index in [9.17, 15) is 10.2 Å². The number of carboxylic acid groups (broad SMARTS) is 4. The summed E-state index contributed by atoms with van der Waals surface area (Å²) in [5, 5.41) is 47.9. The van der Waals surface area contributed by atoms with E-state index in [0.717, 1.165) is 0 Å². The summed E-state index contributed by atoms with van der Waals surface area (Å²) in [5.41, 5.74) is 0.937. The third-order valence-corrected chi connectivity index (χ3v) is 2.35. The fourth-order valence-corrected chi connectivity index (χ4v) is 1.51. The summed E-state index contributed by atoms with van der Waals surface area (Å²) in [6.07, 6.45) is -3.67. The summed E-state index contributed by atoms with van der Waals surface area (Å²) in [6, 6.07) is 17.5. The summed E-state index contributed by atoms with van der Waals surface area (Å²) >= 11 is 0. The van der Waals surface area contributed by atoms with Gasteiger partial charge in [0.1, 0.15) is 0 Å². The van der Waals surface area contributed by atoms with Crippen LogP contribution in [0.5, 0.6) is 0 Å². The molecule has 0 aliphatic carbocycles. The van der Waals surface area contributed by atoms with Gasteiger partial charge in [-0.1, -0.05) is 60.7 Å². The molecule has 0 heterocycles. The second-order valence-corrected chi connectivity index (χ2v) is 3.97. The molecule has 0 saturated heterocycles. The Labute approximate surface area is 131 Å². The topological polar surface area (TPSA) is 156 Å². The van der Waals surface area contributed by atoms with Crippen LogP contribution in [0.4, 0.5) is 9.59 Å². The fourth-order valence-electron chi connectivity index (χ4n) is 1.51. The van der Waals surface area contributed by atoms with Crippen LogP contribution >= 0.6 is 0 Å². The molecule has 0 aliphatic heterocycles. The third kappa shape index (κ3) is 8.71. The van der Waals surface area contributed by atoms with Gasteiger partial charge in [-0.05, 0) is 0 Å². The van der Waals surface area contributed by atoms with Gasteiger partial charge in [-0.25, -0.2) is 9.59 Å². The zero-order valence-electron chi connectivity index (χ0n) is 11.8. The molecule has 124 valence electrons. The van der Waals surface area contributed by atoms with E-state index in [4.69, 9.17) is 30.0 Å². The molecule has 0 fully saturated rings. The van der Waals surface area contributed by atoms with Crippen molar-refractivity contribution in [3.05, 3.63) is 71.8 Å². The van der Waals surface area contributed by atoms with Crippen molar-refractivity contribution in [3.63, 3.8) is 0 Å². The second-order valence-electron chi connectivity index (χ2n) is 3.97. The number of benzene rings is 2. The highest BCUT2D eigenvalue weighted by Gasteiger charge is 2.27. The Morgan fingerprint density at radius 1 is 0.609 bits per heavy atom. The van der Waals surface area contributed by atoms with E-state index in [-0.39, 0.29) is 0 Å². The first kappa shape index (κ1) is 19.9. The van der Waals surface area contributed by atoms with E-state index in [1.807, 2.05) is 12.1 Å². The van der Waals surface area contributed by atoms with Gasteiger partial charge in [0.2, 0.25) is 5.79 Å². The monoisotopic (exact) mass is 324 g/mol. The molecule has 2 aromatic carbocycles. The quantitative estimate of drug-likeness (QED) is 0.460. The van der Waals surface area contributed by atoms with Crippen molar-refractivity contribution < 1.29 is 40.2 Å². The van der Waals surface area contributed by atoms with Crippen LogP contribution in [0.3, 0.4) is 0 Å². The van der Waals surface area contributed by atoms with Gasteiger partial charge in [0.05, 0.1) is 0 Å². The molecule has 2 aromatic rings. The van der Waals surface area contributed by atoms with Crippen LogP contribution in [0.1, 0.15) is 11.1 Å². The highest BCUT2D eigenvalue weighted by molar-refractivity contribution is 5.53. The first-order valence-corrected chi connectivity index (χ1v) is 6.07. The molecule has 0 saturated carbocycles. The Hall–Kier alpha value is -3.10. The number of carbonyl (C=O) groups is 2. The lowest BCUT2D eigenvalue weighted by Crippen LogP contribution is -2.26. The highest BCUT2D eigenvalue weighted by Crippen LogP contribution is 2.25. The number of aliphatic hydroxyl groups is 2. The average Bonchev–Trinajstić information content (AvgIpc) is 2.48. The van der Waals surface area contributed by atoms with Gasteiger partial charge >= 0.3 is 12.3 Å². The third-order valence-electron chi connectivity index (χ3n) is 2.35. The average molecular weight is 324 g/mol. The molecular weight excluding hydrogens is 308 g/mol. The summed E-state index contributed by atoms with van der Waals surface area (Å²) in [6.45, 7) is 0. The smallest absolute Gasteiger partial charge is 0.450 e. The predicted octanol–water partition coefficient (Wildman–Crippen LogP) is 2.32. The largest absolute Gasteiger partial charge is 0.503 e. The SMILES string of the molecule is O=C(O)O.O=C(O)O.OC(O)(c1ccccc1)c1ccccc1. The van der Waals surface area contributed by atoms with Crippen molar-refractivity contribution in [1.82, 2.24) is 0 Å². The van der Waals surface area contributed by atoms with Crippen LogP contribution in [0.15, 0.2) is 60.7 Å². The molecule has 8 nitrogen and oxygen atoms in total. The molecule has 0 radical (unpaired) electrons. The maximum atomic E-state index is 10.0. The van der Waals surface area contributed by atoms with Crippen molar-refractivity contribution in [2.45, 2.75) is 5.79 Å². The fraction of sp³-hybridized carbons (Fsp3) is 0.0667. The molecule has 0 atom stereocenters. The van der Waals surface area contributed by atoms with Gasteiger partial charge in [0, 0.05) is 11.1 Å². The molecule has 0 amide bonds. The normalized spacial score (nSPS) is 9.48. The van der Waals surface area contributed by atoms with Crippen molar-refractivity contribution in [1.29, 1.82) is 0 Å². The van der Waals surface area contributed by atoms with Gasteiger partial charge in [-0.2, -0.15) is 0 Å². The Balaban J connectivity index is 0.000000509. The standard InChI is InChI=1S/C13H12O2.2CH2O3/c14-13(15,11-7-3-1-4-8-11)12-9-5-2-6-10-12;2*2-1(3)4/h1-10,14-15H;2*(H2,2,3,4). The number of rotatable bonds is 2. The highest BCUT2D eigenvalue weighted by atomic mass is 16.6. The second kappa shape index (κ2) is 9.77. The van der Waals surface area contributed by atoms with Gasteiger partial charge in [-0.15, -0.1) is 0 Å². The molecule has 0 aromatic heterocycles. The van der Waals surface area contributed by atoms with Crippen molar-refractivity contribution in [3.8, 4) is 0 Å². The molecule has 2 rings (SSSR count). The first-order valence-electron chi connectivity index (χ1n) is 6.07. The summed E-state index contributed by atoms with van der Waals surface area (Å²) in [5.74, 6) is -1.91. The molecule has 0 aliphatic rings. The predicted molar refractivity (Wildman–Crippen MR) is 79.4 cm³/mol. The minimum Gasteiger partial charge on any atom is -0.450 e. The van der Waals surface area contributed by atoms with E-state index in [1.165, 1.54) is 0 Å².